The van der Waals surface area contributed by atoms with Crippen LogP contribution in [0.1, 0.15) is 11.3 Å². The summed E-state index contributed by atoms with van der Waals surface area (Å²) in [6.45, 7) is 1.23. The number of nitrogens with one attached hydrogen (secondary N) is 1. The lowest BCUT2D eigenvalue weighted by Crippen LogP contribution is -2.36. The normalized spacial score (nSPS) is 14.6. The molecule has 0 bridgehead atoms. The van der Waals surface area contributed by atoms with Crippen LogP contribution in [0.15, 0.2) is 63.9 Å². The number of benzene rings is 2. The van der Waals surface area contributed by atoms with Crippen LogP contribution in [-0.4, -0.2) is 33.4 Å². The first-order chi connectivity index (χ1) is 16.2. The Kier molecular flexibility index (Phi) is 6.84. The number of halogens is 1. The van der Waals surface area contributed by atoms with Crippen molar-refractivity contribution in [2.75, 3.05) is 11.9 Å². The molecule has 2 heterocycles. The Bertz CT molecular complexity index is 1350. The zero-order chi connectivity index (χ0) is 24.4. The van der Waals surface area contributed by atoms with Crippen molar-refractivity contribution in [1.29, 1.82) is 0 Å². The fourth-order valence-electron chi connectivity index (χ4n) is 3.19. The highest BCUT2D eigenvalue weighted by molar-refractivity contribution is 14.1. The average molecular weight is 589 g/mol. The number of nitrogens with zero attached hydrogens (tertiary/aromatic N) is 2. The smallest absolute Gasteiger partial charge is 0.294 e. The summed E-state index contributed by atoms with van der Waals surface area (Å²) in [7, 11) is 0. The van der Waals surface area contributed by atoms with E-state index in [1.165, 1.54) is 12.1 Å². The predicted octanol–water partition coefficient (Wildman–Crippen LogP) is 5.44. The van der Waals surface area contributed by atoms with Crippen molar-refractivity contribution in [3.63, 3.8) is 0 Å². The quantitative estimate of drug-likeness (QED) is 0.176. The topological polar surface area (TPSA) is 123 Å². The molecule has 3 aromatic rings. The first-order valence-electron chi connectivity index (χ1n) is 9.87. The number of rotatable bonds is 6. The van der Waals surface area contributed by atoms with Crippen LogP contribution in [-0.2, 0) is 9.59 Å². The van der Waals surface area contributed by atoms with E-state index in [-0.39, 0.29) is 10.6 Å². The number of hydrogen-bond acceptors (Lipinski definition) is 7. The van der Waals surface area contributed by atoms with Crippen molar-refractivity contribution >= 4 is 68.9 Å². The van der Waals surface area contributed by atoms with Gasteiger partial charge in [0.15, 0.2) is 0 Å². The van der Waals surface area contributed by atoms with Crippen LogP contribution >= 0.6 is 34.4 Å². The summed E-state index contributed by atoms with van der Waals surface area (Å²) < 4.78 is 6.73. The van der Waals surface area contributed by atoms with Crippen LogP contribution in [0, 0.1) is 20.6 Å². The summed E-state index contributed by atoms with van der Waals surface area (Å²) in [4.78, 5) is 49.1. The lowest BCUT2D eigenvalue weighted by Gasteiger charge is -2.12. The number of carbonyl (C=O) groups is 3. The first-order valence-corrected chi connectivity index (χ1v) is 11.8. The zero-order valence-electron chi connectivity index (χ0n) is 17.6. The summed E-state index contributed by atoms with van der Waals surface area (Å²) in [5.41, 5.74) is 1.57. The Balaban J connectivity index is 1.47. The molecule has 0 atom stereocenters. The molecule has 1 fully saturated rings. The van der Waals surface area contributed by atoms with Gasteiger partial charge in [0, 0.05) is 32.5 Å². The number of imide groups is 1. The van der Waals surface area contributed by atoms with E-state index in [2.05, 4.69) is 27.9 Å². The molecule has 9 nitrogen and oxygen atoms in total. The molecular weight excluding hydrogens is 573 g/mol. The lowest BCUT2D eigenvalue weighted by atomic mass is 10.1. The standard InChI is InChI=1S/C23H16IN3O6S/c1-13-2-3-14(10-18(13)27(31)32)19-9-8-17(33-19)11-20-22(29)26(23(30)34-20)12-21(28)25-16-6-4-15(24)5-7-16/h2-11H,12H2,1H3,(H,25,28)/b20-11+. The highest BCUT2D eigenvalue weighted by Gasteiger charge is 2.36. The van der Waals surface area contributed by atoms with Crippen molar-refractivity contribution in [3.05, 3.63) is 84.5 Å². The number of furan rings is 1. The van der Waals surface area contributed by atoms with E-state index >= 15 is 0 Å². The number of aryl methyl sites for hydroxylation is 1. The second kappa shape index (κ2) is 9.81. The number of hydrogen-bond donors (Lipinski definition) is 1. The van der Waals surface area contributed by atoms with Gasteiger partial charge in [-0.1, -0.05) is 12.1 Å². The van der Waals surface area contributed by atoms with Gasteiger partial charge in [0.1, 0.15) is 18.1 Å². The van der Waals surface area contributed by atoms with Crippen molar-refractivity contribution in [1.82, 2.24) is 4.90 Å². The summed E-state index contributed by atoms with van der Waals surface area (Å²) in [6, 6.07) is 15.1. The molecule has 4 rings (SSSR count). The number of thioether (sulfide) groups is 1. The van der Waals surface area contributed by atoms with Crippen molar-refractivity contribution in [2.24, 2.45) is 0 Å². The van der Waals surface area contributed by atoms with E-state index in [9.17, 15) is 24.5 Å². The summed E-state index contributed by atoms with van der Waals surface area (Å²) in [6.07, 6.45) is 1.41. The molecule has 0 radical (unpaired) electrons. The molecule has 34 heavy (non-hydrogen) atoms. The van der Waals surface area contributed by atoms with E-state index in [1.807, 2.05) is 12.1 Å². The number of amides is 3. The maximum absolute atomic E-state index is 12.7. The van der Waals surface area contributed by atoms with E-state index in [0.29, 0.717) is 40.1 Å². The fourth-order valence-corrected chi connectivity index (χ4v) is 4.37. The maximum atomic E-state index is 12.7. The van der Waals surface area contributed by atoms with Crippen LogP contribution in [0.5, 0.6) is 0 Å². The van der Waals surface area contributed by atoms with Crippen molar-refractivity contribution < 1.29 is 23.7 Å². The summed E-state index contributed by atoms with van der Waals surface area (Å²) in [5.74, 6) is -0.416. The molecule has 2 aromatic carbocycles. The molecule has 3 amide bonds. The average Bonchev–Trinajstić information content (AvgIpc) is 3.36. The minimum atomic E-state index is -0.600. The Morgan fingerprint density at radius 1 is 1.18 bits per heavy atom. The van der Waals surface area contributed by atoms with Gasteiger partial charge in [0.2, 0.25) is 5.91 Å². The minimum absolute atomic E-state index is 0.0277. The molecule has 172 valence electrons. The van der Waals surface area contributed by atoms with Gasteiger partial charge in [-0.2, -0.15) is 0 Å². The van der Waals surface area contributed by atoms with Gasteiger partial charge in [-0.3, -0.25) is 29.4 Å². The Labute approximate surface area is 211 Å². The first kappa shape index (κ1) is 23.7. The summed E-state index contributed by atoms with van der Waals surface area (Å²) >= 11 is 2.85. The van der Waals surface area contributed by atoms with Gasteiger partial charge in [-0.25, -0.2) is 0 Å². The largest absolute Gasteiger partial charge is 0.457 e. The SMILES string of the molecule is Cc1ccc(-c2ccc(/C=C3/SC(=O)N(CC(=O)Nc4ccc(I)cc4)C3=O)o2)cc1[N+](=O)[O-]. The second-order valence-electron chi connectivity index (χ2n) is 7.28. The molecule has 1 N–H and O–H groups in total. The molecule has 1 aliphatic heterocycles. The van der Waals surface area contributed by atoms with Gasteiger partial charge < -0.3 is 9.73 Å². The monoisotopic (exact) mass is 589 g/mol. The minimum Gasteiger partial charge on any atom is -0.457 e. The molecule has 0 spiro atoms. The molecule has 0 saturated carbocycles. The van der Waals surface area contributed by atoms with Crippen molar-refractivity contribution in [3.8, 4) is 11.3 Å². The zero-order valence-corrected chi connectivity index (χ0v) is 20.6. The summed E-state index contributed by atoms with van der Waals surface area (Å²) in [5, 5.41) is 13.3. The second-order valence-corrected chi connectivity index (χ2v) is 9.52. The molecule has 11 heteroatoms. The molecule has 1 aromatic heterocycles. The van der Waals surface area contributed by atoms with E-state index in [0.717, 1.165) is 8.47 Å². The third-order valence-corrected chi connectivity index (χ3v) is 6.52. The van der Waals surface area contributed by atoms with E-state index in [1.54, 1.807) is 43.3 Å². The molecule has 1 saturated heterocycles. The van der Waals surface area contributed by atoms with E-state index < -0.39 is 28.5 Å². The number of nitro benzene ring substituents is 1. The third-order valence-electron chi connectivity index (χ3n) is 4.89. The van der Waals surface area contributed by atoms with Crippen LogP contribution < -0.4 is 5.32 Å². The number of carbonyl (C=O) groups excluding carboxylic acids is 3. The van der Waals surface area contributed by atoms with Gasteiger partial charge in [0.05, 0.1) is 9.83 Å². The highest BCUT2D eigenvalue weighted by Crippen LogP contribution is 2.34. The Morgan fingerprint density at radius 3 is 2.62 bits per heavy atom. The highest BCUT2D eigenvalue weighted by atomic mass is 127. The molecule has 1 aliphatic rings. The Hall–Kier alpha value is -3.45. The van der Waals surface area contributed by atoms with Crippen LogP contribution in [0.25, 0.3) is 17.4 Å². The van der Waals surface area contributed by atoms with Crippen LogP contribution in [0.3, 0.4) is 0 Å². The maximum Gasteiger partial charge on any atom is 0.294 e. The van der Waals surface area contributed by atoms with Crippen LogP contribution in [0.2, 0.25) is 0 Å². The Morgan fingerprint density at radius 2 is 1.91 bits per heavy atom. The predicted molar refractivity (Wildman–Crippen MR) is 136 cm³/mol. The van der Waals surface area contributed by atoms with Crippen LogP contribution in [0.4, 0.5) is 16.2 Å². The van der Waals surface area contributed by atoms with Gasteiger partial charge in [-0.05, 0) is 77.7 Å². The third kappa shape index (κ3) is 5.20. The van der Waals surface area contributed by atoms with E-state index in [4.69, 9.17) is 4.42 Å². The number of nitro groups is 1. The van der Waals surface area contributed by atoms with Gasteiger partial charge in [0.25, 0.3) is 16.8 Å². The van der Waals surface area contributed by atoms with Gasteiger partial charge >= 0.3 is 0 Å². The number of anilines is 1. The lowest BCUT2D eigenvalue weighted by molar-refractivity contribution is -0.385. The molecular formula is C23H16IN3O6S. The molecule has 0 aliphatic carbocycles. The molecule has 0 unspecified atom stereocenters. The van der Waals surface area contributed by atoms with Crippen molar-refractivity contribution in [2.45, 2.75) is 6.92 Å². The van der Waals surface area contributed by atoms with Gasteiger partial charge in [-0.15, -0.1) is 0 Å². The fraction of sp³-hybridized carbons (Fsp3) is 0.0870.